The lowest BCUT2D eigenvalue weighted by Crippen LogP contribution is -2.15. The molecule has 100 valence electrons. The van der Waals surface area contributed by atoms with Crippen LogP contribution in [-0.4, -0.2) is 24.2 Å². The fraction of sp³-hybridized carbons (Fsp3) is 0.231. The van der Waals surface area contributed by atoms with E-state index in [2.05, 4.69) is 9.97 Å². The van der Waals surface area contributed by atoms with Gasteiger partial charge in [-0.15, -0.1) is 0 Å². The molecule has 0 unspecified atom stereocenters. The molecule has 0 amide bonds. The zero-order valence-electron chi connectivity index (χ0n) is 10.8. The van der Waals surface area contributed by atoms with Gasteiger partial charge in [0.15, 0.2) is 0 Å². The first-order valence-electron chi connectivity index (χ1n) is 5.55. The molecule has 0 radical (unpaired) electrons. The molecule has 1 aromatic heterocycles. The fourth-order valence-corrected chi connectivity index (χ4v) is 1.70. The summed E-state index contributed by atoms with van der Waals surface area (Å²) >= 11 is 0. The van der Waals surface area contributed by atoms with E-state index in [4.69, 9.17) is 9.47 Å². The molecule has 19 heavy (non-hydrogen) atoms. The summed E-state index contributed by atoms with van der Waals surface area (Å²) in [5.41, 5.74) is -0.252. The third kappa shape index (κ3) is 2.42. The van der Waals surface area contributed by atoms with E-state index in [0.29, 0.717) is 17.1 Å². The molecule has 0 aliphatic carbocycles. The summed E-state index contributed by atoms with van der Waals surface area (Å²) in [5, 5.41) is 0. The SMILES string of the molecule is COc1ccc(OC)c(-c2nc(C)c(F)c(=O)[nH]2)c1. The molecule has 0 aliphatic heterocycles. The predicted octanol–water partition coefficient (Wildman–Crippen LogP) is 1.90. The summed E-state index contributed by atoms with van der Waals surface area (Å²) in [6.07, 6.45) is 0. The van der Waals surface area contributed by atoms with Gasteiger partial charge >= 0.3 is 0 Å². The molecule has 0 saturated carbocycles. The van der Waals surface area contributed by atoms with Crippen LogP contribution in [0.4, 0.5) is 4.39 Å². The monoisotopic (exact) mass is 264 g/mol. The van der Waals surface area contributed by atoms with Gasteiger partial charge in [0.2, 0.25) is 5.82 Å². The summed E-state index contributed by atoms with van der Waals surface area (Å²) in [6.45, 7) is 1.43. The van der Waals surface area contributed by atoms with E-state index in [9.17, 15) is 9.18 Å². The van der Waals surface area contributed by atoms with Gasteiger partial charge in [0.1, 0.15) is 17.3 Å². The first-order valence-corrected chi connectivity index (χ1v) is 5.55. The fourth-order valence-electron chi connectivity index (χ4n) is 1.70. The van der Waals surface area contributed by atoms with E-state index in [1.165, 1.54) is 21.1 Å². The second-order valence-electron chi connectivity index (χ2n) is 3.88. The third-order valence-corrected chi connectivity index (χ3v) is 2.69. The molecular formula is C13H13FN2O3. The number of H-pyrrole nitrogens is 1. The average Bonchev–Trinajstić information content (AvgIpc) is 2.43. The predicted molar refractivity (Wildman–Crippen MR) is 68.1 cm³/mol. The minimum absolute atomic E-state index is 0.0311. The van der Waals surface area contributed by atoms with Gasteiger partial charge < -0.3 is 14.5 Å². The Kier molecular flexibility index (Phi) is 3.50. The Bertz CT molecular complexity index is 667. The molecule has 1 aromatic carbocycles. The van der Waals surface area contributed by atoms with Crippen molar-refractivity contribution >= 4 is 0 Å². The Balaban J connectivity index is 2.66. The number of aromatic amines is 1. The van der Waals surface area contributed by atoms with Gasteiger partial charge in [-0.25, -0.2) is 4.98 Å². The minimum Gasteiger partial charge on any atom is -0.497 e. The van der Waals surface area contributed by atoms with Crippen LogP contribution < -0.4 is 15.0 Å². The largest absolute Gasteiger partial charge is 0.497 e. The van der Waals surface area contributed by atoms with Crippen molar-refractivity contribution in [3.8, 4) is 22.9 Å². The zero-order valence-corrected chi connectivity index (χ0v) is 10.8. The summed E-state index contributed by atoms with van der Waals surface area (Å²) in [4.78, 5) is 17.8. The smallest absolute Gasteiger partial charge is 0.287 e. The number of nitrogens with one attached hydrogen (secondary N) is 1. The maximum atomic E-state index is 13.3. The number of nitrogens with zero attached hydrogens (tertiary/aromatic N) is 1. The van der Waals surface area contributed by atoms with Crippen LogP contribution in [0, 0.1) is 12.7 Å². The van der Waals surface area contributed by atoms with E-state index in [1.807, 2.05) is 0 Å². The number of hydrogen-bond acceptors (Lipinski definition) is 4. The summed E-state index contributed by atoms with van der Waals surface area (Å²) in [7, 11) is 3.03. The van der Waals surface area contributed by atoms with Crippen LogP contribution in [0.3, 0.4) is 0 Å². The van der Waals surface area contributed by atoms with Crippen molar-refractivity contribution in [1.29, 1.82) is 0 Å². The van der Waals surface area contributed by atoms with Gasteiger partial charge in [0.25, 0.3) is 5.56 Å². The summed E-state index contributed by atoms with van der Waals surface area (Å²) in [5.74, 6) is 0.445. The van der Waals surface area contributed by atoms with E-state index in [-0.39, 0.29) is 11.5 Å². The first kappa shape index (κ1) is 13.1. The molecule has 1 N–H and O–H groups in total. The molecule has 2 rings (SSSR count). The third-order valence-electron chi connectivity index (χ3n) is 2.69. The lowest BCUT2D eigenvalue weighted by atomic mass is 10.1. The number of rotatable bonds is 3. The van der Waals surface area contributed by atoms with Crippen molar-refractivity contribution in [2.75, 3.05) is 14.2 Å². The highest BCUT2D eigenvalue weighted by Crippen LogP contribution is 2.30. The number of hydrogen-bond donors (Lipinski definition) is 1. The second-order valence-corrected chi connectivity index (χ2v) is 3.88. The molecule has 0 fully saturated rings. The topological polar surface area (TPSA) is 64.2 Å². The highest BCUT2D eigenvalue weighted by molar-refractivity contribution is 5.66. The molecule has 0 saturated heterocycles. The number of halogens is 1. The van der Waals surface area contributed by atoms with Crippen LogP contribution in [0.2, 0.25) is 0 Å². The number of methoxy groups -OCH3 is 2. The van der Waals surface area contributed by atoms with Crippen LogP contribution in [0.5, 0.6) is 11.5 Å². The number of aryl methyl sites for hydroxylation is 1. The number of aromatic nitrogens is 2. The van der Waals surface area contributed by atoms with Gasteiger partial charge in [-0.05, 0) is 25.1 Å². The Hall–Kier alpha value is -2.37. The average molecular weight is 264 g/mol. The summed E-state index contributed by atoms with van der Waals surface area (Å²) in [6, 6.07) is 5.07. The molecule has 0 aliphatic rings. The lowest BCUT2D eigenvalue weighted by molar-refractivity contribution is 0.404. The van der Waals surface area contributed by atoms with Crippen LogP contribution in [-0.2, 0) is 0 Å². The Labute approximate surface area is 109 Å². The quantitative estimate of drug-likeness (QED) is 0.919. The Morgan fingerprint density at radius 1 is 1.26 bits per heavy atom. The highest BCUT2D eigenvalue weighted by Gasteiger charge is 2.13. The molecule has 1 heterocycles. The zero-order chi connectivity index (χ0) is 14.0. The Morgan fingerprint density at radius 2 is 2.00 bits per heavy atom. The van der Waals surface area contributed by atoms with Crippen molar-refractivity contribution < 1.29 is 13.9 Å². The van der Waals surface area contributed by atoms with Crippen molar-refractivity contribution in [2.45, 2.75) is 6.92 Å². The first-order chi connectivity index (χ1) is 9.06. The van der Waals surface area contributed by atoms with Crippen molar-refractivity contribution in [3.05, 3.63) is 40.1 Å². The van der Waals surface area contributed by atoms with Crippen LogP contribution in [0.15, 0.2) is 23.0 Å². The van der Waals surface area contributed by atoms with Gasteiger partial charge in [-0.3, -0.25) is 4.79 Å². The second kappa shape index (κ2) is 5.09. The molecule has 0 bridgehead atoms. The van der Waals surface area contributed by atoms with Gasteiger partial charge in [-0.1, -0.05) is 0 Å². The molecular weight excluding hydrogens is 251 g/mol. The van der Waals surface area contributed by atoms with Crippen LogP contribution in [0.25, 0.3) is 11.4 Å². The van der Waals surface area contributed by atoms with Crippen LogP contribution in [0.1, 0.15) is 5.69 Å². The van der Waals surface area contributed by atoms with Crippen molar-refractivity contribution in [1.82, 2.24) is 9.97 Å². The molecule has 2 aromatic rings. The minimum atomic E-state index is -0.884. The normalized spacial score (nSPS) is 10.3. The maximum absolute atomic E-state index is 13.3. The lowest BCUT2D eigenvalue weighted by Gasteiger charge is -2.10. The van der Waals surface area contributed by atoms with Gasteiger partial charge in [-0.2, -0.15) is 4.39 Å². The molecule has 6 heteroatoms. The van der Waals surface area contributed by atoms with E-state index in [0.717, 1.165) is 0 Å². The van der Waals surface area contributed by atoms with Crippen molar-refractivity contribution in [2.24, 2.45) is 0 Å². The molecule has 0 spiro atoms. The summed E-state index contributed by atoms with van der Waals surface area (Å²) < 4.78 is 23.6. The van der Waals surface area contributed by atoms with Gasteiger partial charge in [0, 0.05) is 0 Å². The standard InChI is InChI=1S/C13H13FN2O3/c1-7-11(14)13(17)16-12(15-7)9-6-8(18-2)4-5-10(9)19-3/h4-6H,1-3H3,(H,15,16,17). The van der Waals surface area contributed by atoms with E-state index >= 15 is 0 Å². The van der Waals surface area contributed by atoms with E-state index < -0.39 is 11.4 Å². The van der Waals surface area contributed by atoms with E-state index in [1.54, 1.807) is 18.2 Å². The number of benzene rings is 1. The van der Waals surface area contributed by atoms with Crippen molar-refractivity contribution in [3.63, 3.8) is 0 Å². The highest BCUT2D eigenvalue weighted by atomic mass is 19.1. The maximum Gasteiger partial charge on any atom is 0.287 e. The Morgan fingerprint density at radius 3 is 2.58 bits per heavy atom. The number of ether oxygens (including phenoxy) is 2. The van der Waals surface area contributed by atoms with Gasteiger partial charge in [0.05, 0.1) is 25.5 Å². The molecule has 0 atom stereocenters. The van der Waals surface area contributed by atoms with Crippen LogP contribution >= 0.6 is 0 Å². The molecule has 5 nitrogen and oxygen atoms in total.